The van der Waals surface area contributed by atoms with Gasteiger partial charge in [-0.05, 0) is 31.9 Å². The van der Waals surface area contributed by atoms with Gasteiger partial charge in [0.15, 0.2) is 0 Å². The monoisotopic (exact) mass is 277 g/mol. The molecule has 3 nitrogen and oxygen atoms in total. The first kappa shape index (κ1) is 14.1. The third kappa shape index (κ3) is 3.82. The van der Waals surface area contributed by atoms with E-state index < -0.39 is 0 Å². The van der Waals surface area contributed by atoms with Crippen molar-refractivity contribution in [3.63, 3.8) is 0 Å². The molecule has 1 aromatic heterocycles. The van der Waals surface area contributed by atoms with Crippen LogP contribution in [-0.2, 0) is 20.0 Å². The normalized spacial score (nSPS) is 10.9. The Balaban J connectivity index is 1.72. The molecule has 0 atom stereocenters. The van der Waals surface area contributed by atoms with Gasteiger partial charge in [0.2, 0.25) is 0 Å². The summed E-state index contributed by atoms with van der Waals surface area (Å²) < 4.78 is 1.72. The second-order valence-corrected chi connectivity index (χ2v) is 5.10. The molecule has 102 valence electrons. The van der Waals surface area contributed by atoms with Crippen molar-refractivity contribution in [1.29, 1.82) is 0 Å². The van der Waals surface area contributed by atoms with Crippen molar-refractivity contribution in [3.05, 3.63) is 52.3 Å². The van der Waals surface area contributed by atoms with E-state index in [9.17, 15) is 0 Å². The fourth-order valence-corrected chi connectivity index (χ4v) is 2.39. The Hall–Kier alpha value is -1.32. The maximum absolute atomic E-state index is 6.18. The van der Waals surface area contributed by atoms with Gasteiger partial charge >= 0.3 is 0 Å². The molecule has 1 aromatic carbocycles. The van der Waals surface area contributed by atoms with Crippen LogP contribution in [0.3, 0.4) is 0 Å². The molecule has 2 aromatic rings. The lowest BCUT2D eigenvalue weighted by atomic mass is 10.1. The van der Waals surface area contributed by atoms with Gasteiger partial charge in [-0.15, -0.1) is 0 Å². The molecule has 0 saturated carbocycles. The molecule has 4 heteroatoms. The molecule has 0 aliphatic rings. The second-order valence-electron chi connectivity index (χ2n) is 4.74. The maximum atomic E-state index is 6.18. The van der Waals surface area contributed by atoms with Crippen LogP contribution in [0.1, 0.15) is 23.2 Å². The standard InChI is InChI=1S/C15H20ClN3/c1-12-14(15(16)19(2)18-12)11-17-10-6-9-13-7-4-3-5-8-13/h3-5,7-8,17H,6,9-11H2,1-2H3. The Labute approximate surface area is 119 Å². The summed E-state index contributed by atoms with van der Waals surface area (Å²) in [5.74, 6) is 0. The molecule has 0 fully saturated rings. The lowest BCUT2D eigenvalue weighted by molar-refractivity contribution is 0.647. The predicted molar refractivity (Wildman–Crippen MR) is 79.4 cm³/mol. The van der Waals surface area contributed by atoms with Gasteiger partial charge in [0, 0.05) is 19.2 Å². The summed E-state index contributed by atoms with van der Waals surface area (Å²) in [6, 6.07) is 10.6. The molecule has 0 amide bonds. The van der Waals surface area contributed by atoms with Gasteiger partial charge in [-0.3, -0.25) is 4.68 Å². The number of nitrogens with zero attached hydrogens (tertiary/aromatic N) is 2. The van der Waals surface area contributed by atoms with Gasteiger partial charge in [-0.1, -0.05) is 41.9 Å². The molecule has 1 heterocycles. The number of aryl methyl sites for hydroxylation is 3. The molecule has 19 heavy (non-hydrogen) atoms. The lowest BCUT2D eigenvalue weighted by Gasteiger charge is -2.05. The van der Waals surface area contributed by atoms with Crippen LogP contribution in [0.15, 0.2) is 30.3 Å². The fraction of sp³-hybridized carbons (Fsp3) is 0.400. The Bertz CT molecular complexity index is 520. The van der Waals surface area contributed by atoms with Crippen LogP contribution in [0.4, 0.5) is 0 Å². The Morgan fingerprint density at radius 2 is 2.00 bits per heavy atom. The van der Waals surface area contributed by atoms with E-state index in [1.807, 2.05) is 14.0 Å². The summed E-state index contributed by atoms with van der Waals surface area (Å²) in [5.41, 5.74) is 3.49. The minimum atomic E-state index is 0.730. The van der Waals surface area contributed by atoms with Crippen LogP contribution in [0, 0.1) is 6.92 Å². The molecule has 0 aliphatic heterocycles. The average Bonchev–Trinajstić information content (AvgIpc) is 2.65. The topological polar surface area (TPSA) is 29.9 Å². The summed E-state index contributed by atoms with van der Waals surface area (Å²) in [4.78, 5) is 0. The summed E-state index contributed by atoms with van der Waals surface area (Å²) >= 11 is 6.18. The number of benzene rings is 1. The van der Waals surface area contributed by atoms with E-state index in [0.29, 0.717) is 0 Å². The van der Waals surface area contributed by atoms with Gasteiger partial charge in [-0.2, -0.15) is 5.10 Å². The van der Waals surface area contributed by atoms with Crippen molar-refractivity contribution in [3.8, 4) is 0 Å². The number of hydrogen-bond donors (Lipinski definition) is 1. The molecule has 0 saturated heterocycles. The summed E-state index contributed by atoms with van der Waals surface area (Å²) in [7, 11) is 1.87. The molecule has 0 aliphatic carbocycles. The molecule has 0 bridgehead atoms. The number of halogens is 1. The van der Waals surface area contributed by atoms with E-state index in [4.69, 9.17) is 11.6 Å². The van der Waals surface area contributed by atoms with E-state index in [1.165, 1.54) is 5.56 Å². The minimum Gasteiger partial charge on any atom is -0.312 e. The largest absolute Gasteiger partial charge is 0.312 e. The van der Waals surface area contributed by atoms with Crippen LogP contribution in [0.25, 0.3) is 0 Å². The lowest BCUT2D eigenvalue weighted by Crippen LogP contribution is -2.15. The summed E-state index contributed by atoms with van der Waals surface area (Å²) in [6.45, 7) is 3.76. The van der Waals surface area contributed by atoms with Crippen molar-refractivity contribution in [2.45, 2.75) is 26.3 Å². The van der Waals surface area contributed by atoms with Crippen LogP contribution < -0.4 is 5.32 Å². The van der Waals surface area contributed by atoms with Crippen molar-refractivity contribution < 1.29 is 0 Å². The number of hydrogen-bond acceptors (Lipinski definition) is 2. The van der Waals surface area contributed by atoms with Gasteiger partial charge in [0.05, 0.1) is 5.69 Å². The van der Waals surface area contributed by atoms with Gasteiger partial charge < -0.3 is 5.32 Å². The zero-order valence-electron chi connectivity index (χ0n) is 11.5. The third-order valence-corrected chi connectivity index (χ3v) is 3.71. The molecule has 0 unspecified atom stereocenters. The number of nitrogens with one attached hydrogen (secondary N) is 1. The van der Waals surface area contributed by atoms with E-state index >= 15 is 0 Å². The maximum Gasteiger partial charge on any atom is 0.131 e. The number of rotatable bonds is 6. The quantitative estimate of drug-likeness (QED) is 0.823. The van der Waals surface area contributed by atoms with E-state index in [-0.39, 0.29) is 0 Å². The highest BCUT2D eigenvalue weighted by atomic mass is 35.5. The van der Waals surface area contributed by atoms with E-state index in [1.54, 1.807) is 4.68 Å². The van der Waals surface area contributed by atoms with Crippen LogP contribution in [0.5, 0.6) is 0 Å². The van der Waals surface area contributed by atoms with Crippen molar-refractivity contribution in [2.75, 3.05) is 6.54 Å². The SMILES string of the molecule is Cc1nn(C)c(Cl)c1CNCCCc1ccccc1. The highest BCUT2D eigenvalue weighted by Crippen LogP contribution is 2.17. The molecule has 0 spiro atoms. The van der Waals surface area contributed by atoms with Gasteiger partial charge in [0.25, 0.3) is 0 Å². The first-order valence-electron chi connectivity index (χ1n) is 6.61. The Morgan fingerprint density at radius 1 is 1.26 bits per heavy atom. The van der Waals surface area contributed by atoms with E-state index in [2.05, 4.69) is 40.7 Å². The summed E-state index contributed by atoms with van der Waals surface area (Å²) in [5, 5.41) is 8.46. The number of aromatic nitrogens is 2. The first-order chi connectivity index (χ1) is 9.18. The molecular formula is C15H20ClN3. The predicted octanol–water partition coefficient (Wildman–Crippen LogP) is 3.10. The minimum absolute atomic E-state index is 0.730. The van der Waals surface area contributed by atoms with Gasteiger partial charge in [0.1, 0.15) is 5.15 Å². The molecule has 0 radical (unpaired) electrons. The van der Waals surface area contributed by atoms with Crippen molar-refractivity contribution in [1.82, 2.24) is 15.1 Å². The van der Waals surface area contributed by atoms with Crippen LogP contribution in [0.2, 0.25) is 5.15 Å². The molecule has 1 N–H and O–H groups in total. The highest BCUT2D eigenvalue weighted by Gasteiger charge is 2.09. The zero-order valence-corrected chi connectivity index (χ0v) is 12.2. The van der Waals surface area contributed by atoms with Crippen LogP contribution in [-0.4, -0.2) is 16.3 Å². The molecule has 2 rings (SSSR count). The molecular weight excluding hydrogens is 258 g/mol. The van der Waals surface area contributed by atoms with Crippen molar-refractivity contribution in [2.24, 2.45) is 7.05 Å². The van der Waals surface area contributed by atoms with E-state index in [0.717, 1.165) is 42.3 Å². The van der Waals surface area contributed by atoms with Crippen molar-refractivity contribution >= 4 is 11.6 Å². The summed E-state index contributed by atoms with van der Waals surface area (Å²) in [6.07, 6.45) is 2.23. The average molecular weight is 278 g/mol. The third-order valence-electron chi connectivity index (χ3n) is 3.23. The highest BCUT2D eigenvalue weighted by molar-refractivity contribution is 6.30. The Kier molecular flexibility index (Phi) is 5.00. The smallest absolute Gasteiger partial charge is 0.131 e. The first-order valence-corrected chi connectivity index (χ1v) is 6.99. The zero-order chi connectivity index (χ0) is 13.7. The second kappa shape index (κ2) is 6.73. The van der Waals surface area contributed by atoms with Crippen LogP contribution >= 0.6 is 11.6 Å². The fourth-order valence-electron chi connectivity index (χ4n) is 2.15. The Morgan fingerprint density at radius 3 is 2.63 bits per heavy atom. The van der Waals surface area contributed by atoms with Gasteiger partial charge in [-0.25, -0.2) is 0 Å².